The van der Waals surface area contributed by atoms with Crippen molar-refractivity contribution in [3.8, 4) is 10.4 Å². The molecule has 0 aliphatic rings. The molecule has 1 aromatic carbocycles. The Morgan fingerprint density at radius 2 is 2.06 bits per heavy atom. The molecule has 1 aromatic heterocycles. The summed E-state index contributed by atoms with van der Waals surface area (Å²) in [5.74, 6) is -0.198. The zero-order chi connectivity index (χ0) is 13.1. The van der Waals surface area contributed by atoms with E-state index < -0.39 is 0 Å². The third-order valence-corrected chi connectivity index (χ3v) is 3.85. The minimum absolute atomic E-state index is 0.198. The molecule has 18 heavy (non-hydrogen) atoms. The Kier molecular flexibility index (Phi) is 4.38. The molecule has 0 atom stereocenters. The van der Waals surface area contributed by atoms with Crippen LogP contribution in [-0.4, -0.2) is 6.04 Å². The second-order valence-corrected chi connectivity index (χ2v) is 6.17. The fourth-order valence-corrected chi connectivity index (χ4v) is 2.72. The van der Waals surface area contributed by atoms with E-state index >= 15 is 0 Å². The first-order valence-electron chi connectivity index (χ1n) is 5.84. The van der Waals surface area contributed by atoms with Gasteiger partial charge in [0, 0.05) is 23.0 Å². The van der Waals surface area contributed by atoms with Gasteiger partial charge in [0.1, 0.15) is 5.82 Å². The summed E-state index contributed by atoms with van der Waals surface area (Å²) in [7, 11) is 0. The number of nitrogens with one attached hydrogen (secondary N) is 1. The molecule has 0 spiro atoms. The van der Waals surface area contributed by atoms with Gasteiger partial charge in [-0.05, 0) is 23.8 Å². The van der Waals surface area contributed by atoms with Gasteiger partial charge in [-0.2, -0.15) is 0 Å². The molecule has 0 amide bonds. The summed E-state index contributed by atoms with van der Waals surface area (Å²) in [4.78, 5) is 0.862. The van der Waals surface area contributed by atoms with Crippen LogP contribution < -0.4 is 5.32 Å². The van der Waals surface area contributed by atoms with Crippen molar-refractivity contribution in [2.45, 2.75) is 26.4 Å². The van der Waals surface area contributed by atoms with Gasteiger partial charge >= 0.3 is 0 Å². The molecule has 2 rings (SSSR count). The van der Waals surface area contributed by atoms with E-state index in [1.54, 1.807) is 12.1 Å². The highest BCUT2D eigenvalue weighted by Crippen LogP contribution is 2.32. The Bertz CT molecular complexity index is 536. The second kappa shape index (κ2) is 5.83. The van der Waals surface area contributed by atoms with Crippen molar-refractivity contribution in [2.24, 2.45) is 0 Å². The van der Waals surface area contributed by atoms with E-state index in [0.717, 1.165) is 10.4 Å². The molecule has 0 bridgehead atoms. The van der Waals surface area contributed by atoms with Gasteiger partial charge in [-0.15, -0.1) is 11.3 Å². The first-order chi connectivity index (χ1) is 8.56. The maximum absolute atomic E-state index is 14.0. The topological polar surface area (TPSA) is 12.0 Å². The van der Waals surface area contributed by atoms with Gasteiger partial charge in [0.2, 0.25) is 0 Å². The predicted molar refractivity (Wildman–Crippen MR) is 76.7 cm³/mol. The first-order valence-corrected chi connectivity index (χ1v) is 7.03. The van der Waals surface area contributed by atoms with Crippen LogP contribution in [0.5, 0.6) is 0 Å². The lowest BCUT2D eigenvalue weighted by molar-refractivity contribution is 0.582. The van der Waals surface area contributed by atoms with Gasteiger partial charge in [0.15, 0.2) is 0 Å². The quantitative estimate of drug-likeness (QED) is 0.857. The standard InChI is InChI=1S/C14H15ClFNS/c1-9(2)17-8-10-3-4-11(12(16)7-10)13-5-6-14(15)18-13/h3-7,9,17H,8H2,1-2H3. The molecule has 0 aliphatic heterocycles. The van der Waals surface area contributed by atoms with Crippen molar-refractivity contribution >= 4 is 22.9 Å². The Morgan fingerprint density at radius 3 is 2.61 bits per heavy atom. The fraction of sp³-hybridized carbons (Fsp3) is 0.286. The number of halogens is 2. The zero-order valence-corrected chi connectivity index (χ0v) is 11.9. The highest BCUT2D eigenvalue weighted by atomic mass is 35.5. The van der Waals surface area contributed by atoms with Crippen molar-refractivity contribution in [3.05, 3.63) is 46.0 Å². The van der Waals surface area contributed by atoms with Gasteiger partial charge in [-0.3, -0.25) is 0 Å². The third-order valence-electron chi connectivity index (χ3n) is 2.59. The second-order valence-electron chi connectivity index (χ2n) is 4.45. The highest BCUT2D eigenvalue weighted by Gasteiger charge is 2.08. The van der Waals surface area contributed by atoms with Crippen LogP contribution in [-0.2, 0) is 6.54 Å². The monoisotopic (exact) mass is 283 g/mol. The van der Waals surface area contributed by atoms with Crippen LogP contribution in [0.3, 0.4) is 0 Å². The van der Waals surface area contributed by atoms with Crippen molar-refractivity contribution < 1.29 is 4.39 Å². The molecule has 0 fully saturated rings. The zero-order valence-electron chi connectivity index (χ0n) is 10.3. The van der Waals surface area contributed by atoms with Crippen LogP contribution in [0.2, 0.25) is 4.34 Å². The van der Waals surface area contributed by atoms with Crippen LogP contribution in [0.4, 0.5) is 4.39 Å². The molecular weight excluding hydrogens is 269 g/mol. The van der Waals surface area contributed by atoms with Crippen molar-refractivity contribution in [1.82, 2.24) is 5.32 Å². The Morgan fingerprint density at radius 1 is 1.28 bits per heavy atom. The molecule has 0 radical (unpaired) electrons. The van der Waals surface area contributed by atoms with Crippen LogP contribution >= 0.6 is 22.9 Å². The number of hydrogen-bond donors (Lipinski definition) is 1. The van der Waals surface area contributed by atoms with E-state index in [0.29, 0.717) is 22.5 Å². The Balaban J connectivity index is 2.20. The van der Waals surface area contributed by atoms with Gasteiger partial charge in [0.05, 0.1) is 4.34 Å². The largest absolute Gasteiger partial charge is 0.310 e. The van der Waals surface area contributed by atoms with E-state index in [-0.39, 0.29) is 5.82 Å². The van der Waals surface area contributed by atoms with Gasteiger partial charge in [-0.1, -0.05) is 37.6 Å². The minimum Gasteiger partial charge on any atom is -0.310 e. The fourth-order valence-electron chi connectivity index (χ4n) is 1.65. The highest BCUT2D eigenvalue weighted by molar-refractivity contribution is 7.19. The molecular formula is C14H15ClFNS. The SMILES string of the molecule is CC(C)NCc1ccc(-c2ccc(Cl)s2)c(F)c1. The molecule has 0 unspecified atom stereocenters. The normalized spacial score (nSPS) is 11.2. The number of hydrogen-bond acceptors (Lipinski definition) is 2. The number of benzene rings is 1. The summed E-state index contributed by atoms with van der Waals surface area (Å²) in [5.41, 5.74) is 1.56. The number of rotatable bonds is 4. The average Bonchev–Trinajstić information content (AvgIpc) is 2.73. The van der Waals surface area contributed by atoms with Gasteiger partial charge in [-0.25, -0.2) is 4.39 Å². The van der Waals surface area contributed by atoms with Crippen LogP contribution in [0.1, 0.15) is 19.4 Å². The van der Waals surface area contributed by atoms with E-state index in [1.807, 2.05) is 18.2 Å². The maximum atomic E-state index is 14.0. The Hall–Kier alpha value is -0.900. The lowest BCUT2D eigenvalue weighted by Gasteiger charge is -2.09. The molecule has 1 N–H and O–H groups in total. The molecule has 0 aliphatic carbocycles. The van der Waals surface area contributed by atoms with E-state index in [1.165, 1.54) is 11.3 Å². The van der Waals surface area contributed by atoms with Crippen LogP contribution in [0.25, 0.3) is 10.4 Å². The molecule has 1 nitrogen and oxygen atoms in total. The smallest absolute Gasteiger partial charge is 0.132 e. The molecule has 2 aromatic rings. The lowest BCUT2D eigenvalue weighted by atomic mass is 10.1. The first kappa shape index (κ1) is 13.5. The van der Waals surface area contributed by atoms with Gasteiger partial charge in [0.25, 0.3) is 0 Å². The molecule has 1 heterocycles. The molecule has 4 heteroatoms. The minimum atomic E-state index is -0.198. The van der Waals surface area contributed by atoms with E-state index in [2.05, 4.69) is 19.2 Å². The van der Waals surface area contributed by atoms with Crippen LogP contribution in [0.15, 0.2) is 30.3 Å². The Labute approximate surface area is 116 Å². The number of thiophene rings is 1. The van der Waals surface area contributed by atoms with Gasteiger partial charge < -0.3 is 5.32 Å². The summed E-state index contributed by atoms with van der Waals surface area (Å²) in [6, 6.07) is 9.37. The molecule has 0 saturated heterocycles. The van der Waals surface area contributed by atoms with Crippen molar-refractivity contribution in [2.75, 3.05) is 0 Å². The summed E-state index contributed by atoms with van der Waals surface area (Å²) in [5, 5.41) is 3.27. The van der Waals surface area contributed by atoms with E-state index in [4.69, 9.17) is 11.6 Å². The van der Waals surface area contributed by atoms with Crippen molar-refractivity contribution in [3.63, 3.8) is 0 Å². The molecule has 0 saturated carbocycles. The predicted octanol–water partition coefficient (Wildman–Crippen LogP) is 4.71. The lowest BCUT2D eigenvalue weighted by Crippen LogP contribution is -2.21. The maximum Gasteiger partial charge on any atom is 0.132 e. The summed E-state index contributed by atoms with van der Waals surface area (Å²) < 4.78 is 14.7. The van der Waals surface area contributed by atoms with Crippen molar-refractivity contribution in [1.29, 1.82) is 0 Å². The molecule has 96 valence electrons. The van der Waals surface area contributed by atoms with Crippen LogP contribution in [0, 0.1) is 5.82 Å². The average molecular weight is 284 g/mol. The summed E-state index contributed by atoms with van der Waals surface area (Å²) in [6.45, 7) is 4.82. The van der Waals surface area contributed by atoms with E-state index in [9.17, 15) is 4.39 Å². The summed E-state index contributed by atoms with van der Waals surface area (Å²) >= 11 is 7.25. The summed E-state index contributed by atoms with van der Waals surface area (Å²) in [6.07, 6.45) is 0. The third kappa shape index (κ3) is 3.31.